The van der Waals surface area contributed by atoms with Gasteiger partial charge in [0.1, 0.15) is 5.75 Å². The lowest BCUT2D eigenvalue weighted by Crippen LogP contribution is -2.33. The minimum Gasteiger partial charge on any atom is -0.484 e. The molecule has 1 aromatic heterocycles. The quantitative estimate of drug-likeness (QED) is 0.778. The molecular formula is C17H24N4O2. The van der Waals surface area contributed by atoms with E-state index in [-0.39, 0.29) is 18.7 Å². The van der Waals surface area contributed by atoms with Crippen LogP contribution in [0.25, 0.3) is 0 Å². The lowest BCUT2D eigenvalue weighted by atomic mass is 10.1. The molecule has 3 N–H and O–H groups in total. The fourth-order valence-electron chi connectivity index (χ4n) is 2.23. The van der Waals surface area contributed by atoms with Gasteiger partial charge in [-0.1, -0.05) is 12.1 Å². The molecule has 1 heterocycles. The summed E-state index contributed by atoms with van der Waals surface area (Å²) in [7, 11) is 0. The Morgan fingerprint density at radius 2 is 2.22 bits per heavy atom. The predicted octanol–water partition coefficient (Wildman–Crippen LogP) is 1.79. The van der Waals surface area contributed by atoms with Crippen molar-refractivity contribution in [2.45, 2.75) is 39.4 Å². The molecule has 1 amide bonds. The van der Waals surface area contributed by atoms with Crippen LogP contribution in [0.5, 0.6) is 5.75 Å². The van der Waals surface area contributed by atoms with E-state index in [0.717, 1.165) is 11.1 Å². The average molecular weight is 316 g/mol. The molecule has 2 atom stereocenters. The van der Waals surface area contributed by atoms with Crippen molar-refractivity contribution >= 4 is 5.91 Å². The fraction of sp³-hybridized carbons (Fsp3) is 0.412. The predicted molar refractivity (Wildman–Crippen MR) is 89.1 cm³/mol. The largest absolute Gasteiger partial charge is 0.484 e. The van der Waals surface area contributed by atoms with E-state index in [1.165, 1.54) is 0 Å². The highest BCUT2D eigenvalue weighted by molar-refractivity contribution is 5.75. The van der Waals surface area contributed by atoms with Gasteiger partial charge in [-0.05, 0) is 44.0 Å². The number of nitrogens with zero attached hydrogens (tertiary/aromatic N) is 2. The third-order valence-corrected chi connectivity index (χ3v) is 3.78. The summed E-state index contributed by atoms with van der Waals surface area (Å²) in [5, 5.41) is 7.85. The van der Waals surface area contributed by atoms with Gasteiger partial charge in [-0.25, -0.2) is 0 Å². The first-order valence-corrected chi connectivity index (χ1v) is 7.70. The number of hydrogen-bond donors (Lipinski definition) is 2. The minimum absolute atomic E-state index is 0.108. The molecule has 0 unspecified atom stereocenters. The molecule has 0 aliphatic heterocycles. The Morgan fingerprint density at radius 1 is 1.43 bits per heavy atom. The second kappa shape index (κ2) is 7.78. The van der Waals surface area contributed by atoms with Crippen LogP contribution >= 0.6 is 0 Å². The molecule has 6 heteroatoms. The Hall–Kier alpha value is -2.34. The van der Waals surface area contributed by atoms with E-state index in [1.807, 2.05) is 48.3 Å². The number of benzene rings is 1. The van der Waals surface area contributed by atoms with Crippen LogP contribution in [0.3, 0.4) is 0 Å². The molecule has 0 fully saturated rings. The van der Waals surface area contributed by atoms with Gasteiger partial charge in [-0.2, -0.15) is 5.10 Å². The Morgan fingerprint density at radius 3 is 2.87 bits per heavy atom. The number of aromatic nitrogens is 2. The lowest BCUT2D eigenvalue weighted by Gasteiger charge is -2.22. The molecule has 0 saturated heterocycles. The summed E-state index contributed by atoms with van der Waals surface area (Å²) in [5.74, 6) is 0.164. The van der Waals surface area contributed by atoms with Gasteiger partial charge in [0.15, 0.2) is 6.61 Å². The van der Waals surface area contributed by atoms with Crippen LogP contribution in [0.15, 0.2) is 36.7 Å². The second-order valence-corrected chi connectivity index (χ2v) is 5.81. The van der Waals surface area contributed by atoms with Gasteiger partial charge in [-0.15, -0.1) is 0 Å². The van der Waals surface area contributed by atoms with E-state index < -0.39 is 5.91 Å². The third-order valence-electron chi connectivity index (χ3n) is 3.78. The van der Waals surface area contributed by atoms with Crippen molar-refractivity contribution in [2.75, 3.05) is 6.61 Å². The number of rotatable bonds is 8. The average Bonchev–Trinajstić information content (AvgIpc) is 2.96. The van der Waals surface area contributed by atoms with E-state index in [0.29, 0.717) is 12.3 Å². The van der Waals surface area contributed by atoms with Crippen LogP contribution < -0.4 is 15.8 Å². The molecule has 23 heavy (non-hydrogen) atoms. The first-order chi connectivity index (χ1) is 11.0. The van der Waals surface area contributed by atoms with Crippen molar-refractivity contribution in [2.24, 2.45) is 5.73 Å². The summed E-state index contributed by atoms with van der Waals surface area (Å²) in [6, 6.07) is 8.14. The van der Waals surface area contributed by atoms with Gasteiger partial charge in [0, 0.05) is 18.8 Å². The molecule has 0 aliphatic carbocycles. The molecule has 0 radical (unpaired) electrons. The second-order valence-electron chi connectivity index (χ2n) is 5.81. The number of carbonyl (C=O) groups excluding carboxylic acids is 1. The number of primary amides is 1. The topological polar surface area (TPSA) is 82.2 Å². The van der Waals surface area contributed by atoms with Gasteiger partial charge in [0.2, 0.25) is 0 Å². The SMILES string of the molecule is Cc1cnn([C@@H](C)[C@@H](C)NCc2cccc(OCC(N)=O)c2)c1. The molecule has 0 aliphatic rings. The smallest absolute Gasteiger partial charge is 0.255 e. The first-order valence-electron chi connectivity index (χ1n) is 7.70. The molecule has 0 bridgehead atoms. The molecular weight excluding hydrogens is 292 g/mol. The Kier molecular flexibility index (Phi) is 5.76. The van der Waals surface area contributed by atoms with E-state index >= 15 is 0 Å². The van der Waals surface area contributed by atoms with Crippen molar-refractivity contribution in [1.29, 1.82) is 0 Å². The molecule has 2 aromatic rings. The zero-order chi connectivity index (χ0) is 16.8. The molecule has 0 spiro atoms. The summed E-state index contributed by atoms with van der Waals surface area (Å²) < 4.78 is 7.29. The summed E-state index contributed by atoms with van der Waals surface area (Å²) in [6.07, 6.45) is 3.91. The number of hydrogen-bond acceptors (Lipinski definition) is 4. The third kappa shape index (κ3) is 5.10. The highest BCUT2D eigenvalue weighted by Gasteiger charge is 2.14. The van der Waals surface area contributed by atoms with Gasteiger partial charge >= 0.3 is 0 Å². The van der Waals surface area contributed by atoms with Crippen LogP contribution in [0.4, 0.5) is 0 Å². The normalized spacial score (nSPS) is 13.5. The van der Waals surface area contributed by atoms with Crippen LogP contribution in [-0.4, -0.2) is 28.3 Å². The van der Waals surface area contributed by atoms with E-state index in [2.05, 4.69) is 24.3 Å². The van der Waals surface area contributed by atoms with Gasteiger partial charge in [-0.3, -0.25) is 9.48 Å². The van der Waals surface area contributed by atoms with Crippen LogP contribution in [0.1, 0.15) is 31.0 Å². The lowest BCUT2D eigenvalue weighted by molar-refractivity contribution is -0.119. The van der Waals surface area contributed by atoms with Crippen molar-refractivity contribution in [3.8, 4) is 5.75 Å². The number of ether oxygens (including phenoxy) is 1. The van der Waals surface area contributed by atoms with Crippen LogP contribution in [0, 0.1) is 6.92 Å². The summed E-state index contributed by atoms with van der Waals surface area (Å²) in [5.41, 5.74) is 7.32. The number of aryl methyl sites for hydroxylation is 1. The maximum Gasteiger partial charge on any atom is 0.255 e. The maximum absolute atomic E-state index is 10.8. The van der Waals surface area contributed by atoms with E-state index in [1.54, 1.807) is 0 Å². The number of carbonyl (C=O) groups is 1. The zero-order valence-electron chi connectivity index (χ0n) is 13.8. The highest BCUT2D eigenvalue weighted by Crippen LogP contribution is 2.15. The first kappa shape index (κ1) is 17.0. The minimum atomic E-state index is -0.481. The monoisotopic (exact) mass is 316 g/mol. The maximum atomic E-state index is 10.8. The summed E-state index contributed by atoms with van der Waals surface area (Å²) in [4.78, 5) is 10.8. The molecule has 6 nitrogen and oxygen atoms in total. The van der Waals surface area contributed by atoms with Crippen LogP contribution in [0.2, 0.25) is 0 Å². The number of amides is 1. The molecule has 0 saturated carbocycles. The van der Waals surface area contributed by atoms with Gasteiger partial charge < -0.3 is 15.8 Å². The Labute approximate surface area is 136 Å². The van der Waals surface area contributed by atoms with Crippen molar-refractivity contribution < 1.29 is 9.53 Å². The van der Waals surface area contributed by atoms with Crippen LogP contribution in [-0.2, 0) is 11.3 Å². The standard InChI is InChI=1S/C17H24N4O2/c1-12-8-20-21(10-12)14(3)13(2)19-9-15-5-4-6-16(7-15)23-11-17(18)22/h4-8,10,13-14,19H,9,11H2,1-3H3,(H2,18,22)/t13-,14+/m1/s1. The number of nitrogens with one attached hydrogen (secondary N) is 1. The van der Waals surface area contributed by atoms with E-state index in [4.69, 9.17) is 10.5 Å². The van der Waals surface area contributed by atoms with Crippen molar-refractivity contribution in [1.82, 2.24) is 15.1 Å². The Balaban J connectivity index is 1.89. The van der Waals surface area contributed by atoms with Gasteiger partial charge in [0.25, 0.3) is 5.91 Å². The Bertz CT molecular complexity index is 654. The van der Waals surface area contributed by atoms with E-state index in [9.17, 15) is 4.79 Å². The highest BCUT2D eigenvalue weighted by atomic mass is 16.5. The summed E-state index contributed by atoms with van der Waals surface area (Å²) in [6.45, 7) is 6.90. The molecule has 2 rings (SSSR count). The number of nitrogens with two attached hydrogens (primary N) is 1. The molecule has 1 aromatic carbocycles. The molecule has 124 valence electrons. The van der Waals surface area contributed by atoms with Crippen molar-refractivity contribution in [3.63, 3.8) is 0 Å². The van der Waals surface area contributed by atoms with Crippen molar-refractivity contribution in [3.05, 3.63) is 47.8 Å². The summed E-state index contributed by atoms with van der Waals surface area (Å²) >= 11 is 0. The van der Waals surface area contributed by atoms with Gasteiger partial charge in [0.05, 0.1) is 12.2 Å². The zero-order valence-corrected chi connectivity index (χ0v) is 13.8. The fourth-order valence-corrected chi connectivity index (χ4v) is 2.23.